The molecule has 20 heavy (non-hydrogen) atoms. The van der Waals surface area contributed by atoms with E-state index in [9.17, 15) is 8.42 Å². The van der Waals surface area contributed by atoms with E-state index in [4.69, 9.17) is 18.0 Å². The molecule has 0 radical (unpaired) electrons. The van der Waals surface area contributed by atoms with E-state index in [1.807, 2.05) is 0 Å². The first-order valence-electron chi connectivity index (χ1n) is 6.76. The number of hydrogen-bond acceptors (Lipinski definition) is 3. The Morgan fingerprint density at radius 2 is 1.85 bits per heavy atom. The third-order valence-corrected chi connectivity index (χ3v) is 5.89. The number of sulfonamides is 1. The lowest BCUT2D eigenvalue weighted by molar-refractivity contribution is 0.373. The molecule has 1 aromatic rings. The number of nitrogens with two attached hydrogens (primary N) is 1. The summed E-state index contributed by atoms with van der Waals surface area (Å²) in [5, 5.41) is 0. The van der Waals surface area contributed by atoms with Crippen LogP contribution in [0.1, 0.15) is 31.2 Å². The van der Waals surface area contributed by atoms with Crippen molar-refractivity contribution in [3.8, 4) is 0 Å². The van der Waals surface area contributed by atoms with E-state index in [1.165, 1.54) is 4.31 Å². The van der Waals surface area contributed by atoms with E-state index < -0.39 is 10.0 Å². The lowest BCUT2D eigenvalue weighted by Gasteiger charge is -2.23. The van der Waals surface area contributed by atoms with Gasteiger partial charge in [0.15, 0.2) is 0 Å². The second-order valence-corrected chi connectivity index (χ2v) is 7.77. The van der Waals surface area contributed by atoms with Gasteiger partial charge in [0.2, 0.25) is 10.0 Å². The average Bonchev–Trinajstić information content (AvgIpc) is 2.91. The molecule has 0 unspecified atom stereocenters. The standard InChI is InChI=1S/C14H20N2O2S2/c1-16(12-4-2-3-5-12)20(17,18)13-8-6-11(7-9-13)10-14(15)19/h6-9,12H,2-5,10H2,1H3,(H2,15,19). The quantitative estimate of drug-likeness (QED) is 0.846. The SMILES string of the molecule is CN(C1CCCC1)S(=O)(=O)c1ccc(CC(N)=S)cc1. The van der Waals surface area contributed by atoms with E-state index >= 15 is 0 Å². The zero-order valence-corrected chi connectivity index (χ0v) is 13.2. The minimum atomic E-state index is -3.40. The van der Waals surface area contributed by atoms with E-state index in [0.717, 1.165) is 31.2 Å². The van der Waals surface area contributed by atoms with Crippen LogP contribution in [0.4, 0.5) is 0 Å². The third kappa shape index (κ3) is 3.37. The molecule has 0 spiro atoms. The second-order valence-electron chi connectivity index (χ2n) is 5.25. The highest BCUT2D eigenvalue weighted by Crippen LogP contribution is 2.27. The normalized spacial score (nSPS) is 16.7. The van der Waals surface area contributed by atoms with E-state index in [1.54, 1.807) is 31.3 Å². The molecular weight excluding hydrogens is 292 g/mol. The molecule has 1 aromatic carbocycles. The molecule has 1 fully saturated rings. The van der Waals surface area contributed by atoms with Crippen molar-refractivity contribution in [3.05, 3.63) is 29.8 Å². The topological polar surface area (TPSA) is 63.4 Å². The molecule has 1 aliphatic rings. The molecule has 0 bridgehead atoms. The molecule has 0 aliphatic heterocycles. The number of hydrogen-bond donors (Lipinski definition) is 1. The van der Waals surface area contributed by atoms with E-state index in [2.05, 4.69) is 0 Å². The highest BCUT2D eigenvalue weighted by Gasteiger charge is 2.29. The van der Waals surface area contributed by atoms with Crippen LogP contribution in [0, 0.1) is 0 Å². The molecule has 0 atom stereocenters. The number of nitrogens with zero attached hydrogens (tertiary/aromatic N) is 1. The Hall–Kier alpha value is -0.980. The van der Waals surface area contributed by atoms with Gasteiger partial charge in [-0.25, -0.2) is 8.42 Å². The summed E-state index contributed by atoms with van der Waals surface area (Å²) in [5.74, 6) is 0. The van der Waals surface area contributed by atoms with Crippen LogP contribution in [-0.2, 0) is 16.4 Å². The van der Waals surface area contributed by atoms with E-state index in [0.29, 0.717) is 16.3 Å². The third-order valence-electron chi connectivity index (χ3n) is 3.82. The molecule has 0 saturated heterocycles. The first-order chi connectivity index (χ1) is 9.41. The van der Waals surface area contributed by atoms with E-state index in [-0.39, 0.29) is 6.04 Å². The number of rotatable bonds is 5. The molecule has 110 valence electrons. The van der Waals surface area contributed by atoms with Crippen molar-refractivity contribution in [3.63, 3.8) is 0 Å². The van der Waals surface area contributed by atoms with Crippen molar-refractivity contribution in [1.29, 1.82) is 0 Å². The van der Waals surface area contributed by atoms with Gasteiger partial charge in [0.25, 0.3) is 0 Å². The van der Waals surface area contributed by atoms with Crippen LogP contribution in [0.5, 0.6) is 0 Å². The Labute approximate surface area is 126 Å². The molecule has 0 aromatic heterocycles. The van der Waals surface area contributed by atoms with Crippen molar-refractivity contribution in [2.75, 3.05) is 7.05 Å². The predicted molar refractivity (Wildman–Crippen MR) is 84.1 cm³/mol. The Bertz CT molecular complexity index is 576. The molecule has 6 heteroatoms. The highest BCUT2D eigenvalue weighted by molar-refractivity contribution is 7.89. The summed E-state index contributed by atoms with van der Waals surface area (Å²) >= 11 is 4.85. The minimum absolute atomic E-state index is 0.135. The minimum Gasteiger partial charge on any atom is -0.393 e. The summed E-state index contributed by atoms with van der Waals surface area (Å²) in [6.45, 7) is 0. The van der Waals surface area contributed by atoms with Gasteiger partial charge in [0, 0.05) is 19.5 Å². The smallest absolute Gasteiger partial charge is 0.243 e. The molecule has 0 heterocycles. The van der Waals surface area contributed by atoms with Gasteiger partial charge < -0.3 is 5.73 Å². The van der Waals surface area contributed by atoms with Crippen molar-refractivity contribution in [2.45, 2.75) is 43.0 Å². The monoisotopic (exact) mass is 312 g/mol. The van der Waals surface area contributed by atoms with Gasteiger partial charge in [-0.2, -0.15) is 4.31 Å². The second kappa shape index (κ2) is 6.20. The van der Waals surface area contributed by atoms with Gasteiger partial charge in [-0.05, 0) is 30.5 Å². The fourth-order valence-corrected chi connectivity index (χ4v) is 4.19. The van der Waals surface area contributed by atoms with Crippen molar-refractivity contribution < 1.29 is 8.42 Å². The maximum atomic E-state index is 12.5. The lowest BCUT2D eigenvalue weighted by Crippen LogP contribution is -2.35. The van der Waals surface area contributed by atoms with Crippen LogP contribution >= 0.6 is 12.2 Å². The van der Waals surface area contributed by atoms with Crippen LogP contribution < -0.4 is 5.73 Å². The summed E-state index contributed by atoms with van der Waals surface area (Å²) in [6.07, 6.45) is 4.62. The van der Waals surface area contributed by atoms with Gasteiger partial charge in [-0.15, -0.1) is 0 Å². The lowest BCUT2D eigenvalue weighted by atomic mass is 10.1. The summed E-state index contributed by atoms with van der Waals surface area (Å²) < 4.78 is 26.6. The van der Waals surface area contributed by atoms with Gasteiger partial charge in [-0.3, -0.25) is 0 Å². The van der Waals surface area contributed by atoms with Crippen molar-refractivity contribution in [2.24, 2.45) is 5.73 Å². The maximum absolute atomic E-state index is 12.5. The molecule has 2 rings (SSSR count). The number of benzene rings is 1. The first-order valence-corrected chi connectivity index (χ1v) is 8.61. The fourth-order valence-electron chi connectivity index (χ4n) is 2.61. The molecule has 2 N–H and O–H groups in total. The van der Waals surface area contributed by atoms with Gasteiger partial charge >= 0.3 is 0 Å². The van der Waals surface area contributed by atoms with Crippen molar-refractivity contribution in [1.82, 2.24) is 4.31 Å². The Morgan fingerprint density at radius 1 is 1.30 bits per heavy atom. The summed E-state index contributed by atoms with van der Waals surface area (Å²) in [7, 11) is -1.72. The molecule has 0 amide bonds. The predicted octanol–water partition coefficient (Wildman–Crippen LogP) is 2.08. The summed E-state index contributed by atoms with van der Waals surface area (Å²) in [5.41, 5.74) is 6.41. The Morgan fingerprint density at radius 3 is 2.35 bits per heavy atom. The molecule has 4 nitrogen and oxygen atoms in total. The summed E-state index contributed by atoms with van der Waals surface area (Å²) in [4.78, 5) is 0.738. The zero-order chi connectivity index (χ0) is 14.8. The maximum Gasteiger partial charge on any atom is 0.243 e. The van der Waals surface area contributed by atoms with Crippen LogP contribution in [0.3, 0.4) is 0 Å². The Balaban J connectivity index is 2.18. The first kappa shape index (κ1) is 15.4. The van der Waals surface area contributed by atoms with Crippen LogP contribution in [0.15, 0.2) is 29.2 Å². The fraction of sp³-hybridized carbons (Fsp3) is 0.500. The highest BCUT2D eigenvalue weighted by atomic mass is 32.2. The van der Waals surface area contributed by atoms with Crippen LogP contribution in [0.25, 0.3) is 0 Å². The Kier molecular flexibility index (Phi) is 4.78. The zero-order valence-electron chi connectivity index (χ0n) is 11.6. The van der Waals surface area contributed by atoms with Crippen LogP contribution in [0.2, 0.25) is 0 Å². The van der Waals surface area contributed by atoms with Gasteiger partial charge in [0.1, 0.15) is 0 Å². The largest absolute Gasteiger partial charge is 0.393 e. The average molecular weight is 312 g/mol. The van der Waals surface area contributed by atoms with Crippen LogP contribution in [-0.4, -0.2) is 30.8 Å². The molecule has 1 saturated carbocycles. The molecule has 1 aliphatic carbocycles. The van der Waals surface area contributed by atoms with Gasteiger partial charge in [0.05, 0.1) is 9.88 Å². The summed E-state index contributed by atoms with van der Waals surface area (Å²) in [6, 6.07) is 6.95. The molecular formula is C14H20N2O2S2. The van der Waals surface area contributed by atoms with Gasteiger partial charge in [-0.1, -0.05) is 37.2 Å². The number of thiocarbonyl (C=S) groups is 1. The van der Waals surface area contributed by atoms with Crippen molar-refractivity contribution >= 4 is 27.2 Å².